The van der Waals surface area contributed by atoms with Crippen molar-refractivity contribution in [2.75, 3.05) is 26.3 Å². The number of rotatable bonds is 0. The fourth-order valence-corrected chi connectivity index (χ4v) is 1.77. The molecule has 2 aliphatic heterocycles. The topological polar surface area (TPSA) is 78.8 Å². The summed E-state index contributed by atoms with van der Waals surface area (Å²) in [4.78, 5) is 9.00. The van der Waals surface area contributed by atoms with E-state index in [4.69, 9.17) is 14.6 Å². The number of fused-ring (bicyclic) bond motifs is 2. The van der Waals surface area contributed by atoms with Gasteiger partial charge in [0.15, 0.2) is 0 Å². The number of aliphatic hydroxyl groups excluding tert-OH is 1. The molecule has 3 N–H and O–H groups in total. The molecular formula is C9H17NO4. The first kappa shape index (κ1) is 11.4. The van der Waals surface area contributed by atoms with E-state index in [1.54, 1.807) is 0 Å². The van der Waals surface area contributed by atoms with E-state index in [1.165, 1.54) is 0 Å². The summed E-state index contributed by atoms with van der Waals surface area (Å²) in [5.41, 5.74) is 0. The van der Waals surface area contributed by atoms with Crippen molar-refractivity contribution in [2.45, 2.75) is 13.0 Å². The Kier molecular flexibility index (Phi) is 4.31. The zero-order valence-electron chi connectivity index (χ0n) is 8.27. The van der Waals surface area contributed by atoms with Crippen molar-refractivity contribution < 1.29 is 19.7 Å². The van der Waals surface area contributed by atoms with Crippen LogP contribution < -0.4 is 5.32 Å². The summed E-state index contributed by atoms with van der Waals surface area (Å²) in [6, 6.07) is 0. The van der Waals surface area contributed by atoms with Gasteiger partial charge in [-0.1, -0.05) is 0 Å². The fraction of sp³-hybridized carbons (Fsp3) is 0.889. The van der Waals surface area contributed by atoms with E-state index in [2.05, 4.69) is 5.32 Å². The van der Waals surface area contributed by atoms with E-state index in [1.807, 2.05) is 0 Å². The first-order chi connectivity index (χ1) is 6.61. The van der Waals surface area contributed by atoms with Crippen LogP contribution in [-0.2, 0) is 9.53 Å². The van der Waals surface area contributed by atoms with Gasteiger partial charge in [-0.2, -0.15) is 0 Å². The van der Waals surface area contributed by atoms with Gasteiger partial charge in [-0.3, -0.25) is 4.79 Å². The van der Waals surface area contributed by atoms with Crippen LogP contribution in [0.2, 0.25) is 0 Å². The highest BCUT2D eigenvalue weighted by molar-refractivity contribution is 5.62. The molecule has 2 heterocycles. The van der Waals surface area contributed by atoms with E-state index in [0.29, 0.717) is 11.8 Å². The van der Waals surface area contributed by atoms with Gasteiger partial charge in [-0.05, 0) is 0 Å². The van der Waals surface area contributed by atoms with Crippen LogP contribution in [0.5, 0.6) is 0 Å². The molecule has 0 aliphatic carbocycles. The Balaban J connectivity index is 0.000000213. The van der Waals surface area contributed by atoms with Gasteiger partial charge in [0.1, 0.15) is 0 Å². The highest BCUT2D eigenvalue weighted by Crippen LogP contribution is 2.22. The van der Waals surface area contributed by atoms with Gasteiger partial charge in [0.05, 0.1) is 19.3 Å². The minimum Gasteiger partial charge on any atom is -0.481 e. The van der Waals surface area contributed by atoms with Crippen LogP contribution in [-0.4, -0.2) is 48.6 Å². The second-order valence-electron chi connectivity index (χ2n) is 3.73. The molecule has 0 aromatic heterocycles. The van der Waals surface area contributed by atoms with Gasteiger partial charge in [-0.15, -0.1) is 0 Å². The molecule has 14 heavy (non-hydrogen) atoms. The number of carboxylic acids is 1. The van der Waals surface area contributed by atoms with Crippen molar-refractivity contribution in [1.29, 1.82) is 0 Å². The lowest BCUT2D eigenvalue weighted by atomic mass is 9.86. The molecule has 0 spiro atoms. The van der Waals surface area contributed by atoms with Gasteiger partial charge >= 0.3 is 0 Å². The molecule has 2 unspecified atom stereocenters. The van der Waals surface area contributed by atoms with Crippen LogP contribution in [0.4, 0.5) is 0 Å². The van der Waals surface area contributed by atoms with Gasteiger partial charge in [0.2, 0.25) is 0 Å². The van der Waals surface area contributed by atoms with E-state index in [9.17, 15) is 5.11 Å². The van der Waals surface area contributed by atoms with Gasteiger partial charge < -0.3 is 20.3 Å². The van der Waals surface area contributed by atoms with E-state index in [-0.39, 0.29) is 6.10 Å². The number of piperidine rings is 1. The number of carboxylic acid groups (broad SMARTS) is 1. The van der Waals surface area contributed by atoms with Crippen LogP contribution in [0.1, 0.15) is 6.92 Å². The Morgan fingerprint density at radius 1 is 1.36 bits per heavy atom. The number of nitrogens with one attached hydrogen (secondary N) is 1. The summed E-state index contributed by atoms with van der Waals surface area (Å²) in [6.07, 6.45) is -0.116. The van der Waals surface area contributed by atoms with Gasteiger partial charge in [-0.25, -0.2) is 0 Å². The van der Waals surface area contributed by atoms with Crippen LogP contribution in [0, 0.1) is 11.8 Å². The van der Waals surface area contributed by atoms with Gasteiger partial charge in [0.25, 0.3) is 5.97 Å². The third-order valence-corrected chi connectivity index (χ3v) is 2.44. The Labute approximate surface area is 83.1 Å². The molecule has 2 bridgehead atoms. The first-order valence-corrected chi connectivity index (χ1v) is 4.77. The molecule has 82 valence electrons. The predicted octanol–water partition coefficient (Wildman–Crippen LogP) is -0.696. The normalized spacial score (nSPS) is 35.4. The number of hydrogen-bond donors (Lipinski definition) is 3. The SMILES string of the molecule is CC(=O)O.OC1C2CNCC1COC2. The molecular weight excluding hydrogens is 186 g/mol. The van der Waals surface area contributed by atoms with Crippen molar-refractivity contribution >= 4 is 5.97 Å². The minimum atomic E-state index is -0.833. The quantitative estimate of drug-likeness (QED) is 0.485. The maximum Gasteiger partial charge on any atom is 0.300 e. The molecule has 0 amide bonds. The van der Waals surface area contributed by atoms with Crippen molar-refractivity contribution in [2.24, 2.45) is 11.8 Å². The molecule has 5 nitrogen and oxygen atoms in total. The molecule has 5 heteroatoms. The van der Waals surface area contributed by atoms with Crippen LogP contribution in [0.25, 0.3) is 0 Å². The number of aliphatic hydroxyl groups is 1. The van der Waals surface area contributed by atoms with E-state index in [0.717, 1.165) is 33.2 Å². The lowest BCUT2D eigenvalue weighted by Gasteiger charge is -2.39. The maximum absolute atomic E-state index is 9.57. The number of aliphatic carboxylic acids is 1. The number of carbonyl (C=O) groups is 1. The van der Waals surface area contributed by atoms with E-state index >= 15 is 0 Å². The van der Waals surface area contributed by atoms with Crippen molar-refractivity contribution in [1.82, 2.24) is 5.32 Å². The number of ether oxygens (including phenoxy) is 1. The predicted molar refractivity (Wildman–Crippen MR) is 50.0 cm³/mol. The second-order valence-corrected chi connectivity index (χ2v) is 3.73. The van der Waals surface area contributed by atoms with Crippen LogP contribution >= 0.6 is 0 Å². The molecule has 0 aromatic rings. The smallest absolute Gasteiger partial charge is 0.300 e. The lowest BCUT2D eigenvalue weighted by molar-refractivity contribution is -0.134. The van der Waals surface area contributed by atoms with Crippen LogP contribution in [0.3, 0.4) is 0 Å². The average Bonchev–Trinajstić information content (AvgIpc) is 2.01. The standard InChI is InChI=1S/C7H13NO2.C2H4O2/c9-7-5-1-8-2-6(7)4-10-3-5;1-2(3)4/h5-9H,1-4H2;1H3,(H,3,4). The highest BCUT2D eigenvalue weighted by Gasteiger charge is 2.35. The maximum atomic E-state index is 9.57. The summed E-state index contributed by atoms with van der Waals surface area (Å²) in [5, 5.41) is 20.3. The summed E-state index contributed by atoms with van der Waals surface area (Å²) < 4.78 is 5.31. The highest BCUT2D eigenvalue weighted by atomic mass is 16.5. The molecule has 0 aromatic carbocycles. The fourth-order valence-electron chi connectivity index (χ4n) is 1.77. The Bertz CT molecular complexity index is 171. The first-order valence-electron chi connectivity index (χ1n) is 4.77. The molecule has 2 saturated heterocycles. The Morgan fingerprint density at radius 2 is 1.79 bits per heavy atom. The summed E-state index contributed by atoms with van der Waals surface area (Å²) in [6.45, 7) is 4.37. The van der Waals surface area contributed by atoms with Crippen molar-refractivity contribution in [3.63, 3.8) is 0 Å². The van der Waals surface area contributed by atoms with Crippen molar-refractivity contribution in [3.05, 3.63) is 0 Å². The zero-order chi connectivity index (χ0) is 10.6. The molecule has 2 atom stereocenters. The summed E-state index contributed by atoms with van der Waals surface area (Å²) in [5.74, 6) is -0.153. The Hall–Kier alpha value is -0.650. The Morgan fingerprint density at radius 3 is 2.14 bits per heavy atom. The third-order valence-electron chi connectivity index (χ3n) is 2.44. The summed E-state index contributed by atoms with van der Waals surface area (Å²) in [7, 11) is 0. The largest absolute Gasteiger partial charge is 0.481 e. The number of hydrogen-bond acceptors (Lipinski definition) is 4. The molecule has 0 radical (unpaired) electrons. The summed E-state index contributed by atoms with van der Waals surface area (Å²) >= 11 is 0. The average molecular weight is 203 g/mol. The molecule has 2 rings (SSSR count). The lowest BCUT2D eigenvalue weighted by Crippen LogP contribution is -2.53. The monoisotopic (exact) mass is 203 g/mol. The second kappa shape index (κ2) is 5.29. The minimum absolute atomic E-state index is 0.116. The molecule has 0 saturated carbocycles. The molecule has 2 aliphatic rings. The zero-order valence-corrected chi connectivity index (χ0v) is 8.27. The van der Waals surface area contributed by atoms with Gasteiger partial charge in [0, 0.05) is 31.8 Å². The van der Waals surface area contributed by atoms with Crippen LogP contribution in [0.15, 0.2) is 0 Å². The third kappa shape index (κ3) is 3.25. The van der Waals surface area contributed by atoms with Crippen molar-refractivity contribution in [3.8, 4) is 0 Å². The molecule has 2 fully saturated rings. The van der Waals surface area contributed by atoms with E-state index < -0.39 is 5.97 Å².